The number of aryl methyl sites for hydroxylation is 1. The van der Waals surface area contributed by atoms with Crippen LogP contribution in [0.1, 0.15) is 37.3 Å². The van der Waals surface area contributed by atoms with E-state index < -0.39 is 0 Å². The Morgan fingerprint density at radius 2 is 2.15 bits per heavy atom. The maximum absolute atomic E-state index is 13.1. The highest BCUT2D eigenvalue weighted by Crippen LogP contribution is 2.24. The molecular weight excluding hydrogens is 360 g/mol. The summed E-state index contributed by atoms with van der Waals surface area (Å²) in [5.74, 6) is 0.772. The molecule has 4 rings (SSSR count). The first-order chi connectivity index (χ1) is 13.2. The molecule has 1 aromatic carbocycles. The van der Waals surface area contributed by atoms with E-state index >= 15 is 0 Å². The lowest BCUT2D eigenvalue weighted by atomic mass is 10.1. The minimum Gasteiger partial charge on any atom is -0.467 e. The standard InChI is InChI=1S/C20H20N4O2S/c1-3-7-16-18(13(2)21-12-14-8-6-11-26-14)19(25)24(23-16)20-22-15-9-4-5-10-17(15)27-20/h4-6,8-11,23H,3,7,12H2,1-2H3. The van der Waals surface area contributed by atoms with Gasteiger partial charge in [0, 0.05) is 11.4 Å². The predicted octanol–water partition coefficient (Wildman–Crippen LogP) is 4.33. The molecule has 0 saturated heterocycles. The molecule has 0 saturated carbocycles. The maximum Gasteiger partial charge on any atom is 0.282 e. The number of rotatable bonds is 6. The van der Waals surface area contributed by atoms with Crippen molar-refractivity contribution in [3.05, 3.63) is 70.0 Å². The first-order valence-electron chi connectivity index (χ1n) is 8.91. The molecule has 0 aliphatic rings. The molecule has 1 N–H and O–H groups in total. The van der Waals surface area contributed by atoms with Crippen LogP contribution in [0.25, 0.3) is 15.3 Å². The number of hydrogen-bond acceptors (Lipinski definition) is 5. The third-order valence-corrected chi connectivity index (χ3v) is 5.37. The predicted molar refractivity (Wildman–Crippen MR) is 108 cm³/mol. The summed E-state index contributed by atoms with van der Waals surface area (Å²) in [4.78, 5) is 22.3. The highest BCUT2D eigenvalue weighted by atomic mass is 32.1. The Morgan fingerprint density at radius 1 is 1.30 bits per heavy atom. The molecule has 3 aromatic heterocycles. The zero-order valence-electron chi connectivity index (χ0n) is 15.2. The molecule has 7 heteroatoms. The summed E-state index contributed by atoms with van der Waals surface area (Å²) in [5.41, 5.74) is 3.00. The second-order valence-electron chi connectivity index (χ2n) is 6.30. The number of fused-ring (bicyclic) bond motifs is 1. The van der Waals surface area contributed by atoms with Gasteiger partial charge in [-0.1, -0.05) is 36.8 Å². The van der Waals surface area contributed by atoms with Gasteiger partial charge in [-0.15, -0.1) is 0 Å². The van der Waals surface area contributed by atoms with Crippen molar-refractivity contribution >= 4 is 27.3 Å². The minimum atomic E-state index is -0.113. The van der Waals surface area contributed by atoms with E-state index in [0.29, 0.717) is 23.0 Å². The first-order valence-corrected chi connectivity index (χ1v) is 9.72. The van der Waals surface area contributed by atoms with Gasteiger partial charge in [-0.3, -0.25) is 14.9 Å². The van der Waals surface area contributed by atoms with Crippen molar-refractivity contribution < 1.29 is 4.42 Å². The van der Waals surface area contributed by atoms with E-state index in [1.807, 2.05) is 43.3 Å². The van der Waals surface area contributed by atoms with E-state index in [1.54, 1.807) is 6.26 Å². The van der Waals surface area contributed by atoms with E-state index in [4.69, 9.17) is 4.42 Å². The molecule has 0 fully saturated rings. The van der Waals surface area contributed by atoms with E-state index in [1.165, 1.54) is 16.0 Å². The summed E-state index contributed by atoms with van der Waals surface area (Å²) in [7, 11) is 0. The molecule has 0 amide bonds. The number of hydrogen-bond donors (Lipinski definition) is 1. The van der Waals surface area contributed by atoms with Crippen LogP contribution in [0.5, 0.6) is 0 Å². The molecule has 27 heavy (non-hydrogen) atoms. The van der Waals surface area contributed by atoms with Gasteiger partial charge >= 0.3 is 0 Å². The van der Waals surface area contributed by atoms with Crippen LogP contribution < -0.4 is 5.56 Å². The van der Waals surface area contributed by atoms with E-state index in [9.17, 15) is 4.79 Å². The third kappa shape index (κ3) is 3.38. The molecule has 4 aromatic rings. The number of nitrogens with zero attached hydrogens (tertiary/aromatic N) is 3. The van der Waals surface area contributed by atoms with Gasteiger partial charge in [0.25, 0.3) is 5.56 Å². The van der Waals surface area contributed by atoms with E-state index in [-0.39, 0.29) is 5.56 Å². The summed E-state index contributed by atoms with van der Waals surface area (Å²) >= 11 is 1.49. The highest BCUT2D eigenvalue weighted by Gasteiger charge is 2.19. The van der Waals surface area contributed by atoms with Crippen molar-refractivity contribution in [2.75, 3.05) is 0 Å². The van der Waals surface area contributed by atoms with Gasteiger partial charge < -0.3 is 4.42 Å². The number of furan rings is 1. The molecular formula is C20H20N4O2S. The molecule has 0 atom stereocenters. The lowest BCUT2D eigenvalue weighted by Crippen LogP contribution is -2.19. The van der Waals surface area contributed by atoms with Crippen molar-refractivity contribution in [2.45, 2.75) is 33.2 Å². The number of aliphatic imine (C=N–C) groups is 1. The normalized spacial score (nSPS) is 12.1. The lowest BCUT2D eigenvalue weighted by molar-refractivity contribution is 0.513. The fraction of sp³-hybridized carbons (Fsp3) is 0.250. The Kier molecular flexibility index (Phi) is 4.77. The number of aromatic nitrogens is 3. The molecule has 0 aliphatic heterocycles. The molecule has 0 aliphatic carbocycles. The van der Waals surface area contributed by atoms with Gasteiger partial charge in [0.2, 0.25) is 5.13 Å². The van der Waals surface area contributed by atoms with Gasteiger partial charge in [-0.05, 0) is 37.6 Å². The number of aromatic amines is 1. The van der Waals surface area contributed by atoms with Crippen LogP contribution in [-0.4, -0.2) is 20.5 Å². The van der Waals surface area contributed by atoms with Crippen LogP contribution in [0, 0.1) is 0 Å². The smallest absolute Gasteiger partial charge is 0.282 e. The van der Waals surface area contributed by atoms with E-state index in [0.717, 1.165) is 34.5 Å². The third-order valence-electron chi connectivity index (χ3n) is 4.35. The SMILES string of the molecule is CCCc1[nH]n(-c2nc3ccccc3s2)c(=O)c1C(C)=NCc1ccco1. The number of para-hydroxylation sites is 1. The fourth-order valence-corrected chi connectivity index (χ4v) is 3.98. The van der Waals surface area contributed by atoms with Crippen molar-refractivity contribution in [3.63, 3.8) is 0 Å². The number of nitrogens with one attached hydrogen (secondary N) is 1. The van der Waals surface area contributed by atoms with Crippen LogP contribution in [0.2, 0.25) is 0 Å². The highest BCUT2D eigenvalue weighted by molar-refractivity contribution is 7.20. The Hall–Kier alpha value is -2.93. The van der Waals surface area contributed by atoms with Crippen molar-refractivity contribution in [1.29, 1.82) is 0 Å². The largest absolute Gasteiger partial charge is 0.467 e. The quantitative estimate of drug-likeness (QED) is 0.506. The monoisotopic (exact) mass is 380 g/mol. The molecule has 0 unspecified atom stereocenters. The number of thiazole rings is 1. The molecule has 0 spiro atoms. The topological polar surface area (TPSA) is 76.2 Å². The summed E-state index contributed by atoms with van der Waals surface area (Å²) in [6.45, 7) is 4.37. The van der Waals surface area contributed by atoms with Crippen molar-refractivity contribution in [1.82, 2.24) is 14.8 Å². The Labute approximate surface area is 160 Å². The molecule has 6 nitrogen and oxygen atoms in total. The van der Waals surface area contributed by atoms with Crippen molar-refractivity contribution in [3.8, 4) is 5.13 Å². The summed E-state index contributed by atoms with van der Waals surface area (Å²) in [6, 6.07) is 11.6. The summed E-state index contributed by atoms with van der Waals surface area (Å²) in [6.07, 6.45) is 3.33. The van der Waals surface area contributed by atoms with E-state index in [2.05, 4.69) is 22.0 Å². The second-order valence-corrected chi connectivity index (χ2v) is 7.31. The van der Waals surface area contributed by atoms with Crippen LogP contribution >= 0.6 is 11.3 Å². The Bertz CT molecular complexity index is 1120. The number of H-pyrrole nitrogens is 1. The molecule has 0 bridgehead atoms. The maximum atomic E-state index is 13.1. The molecule has 0 radical (unpaired) electrons. The van der Waals surface area contributed by atoms with Gasteiger partial charge in [0.05, 0.1) is 28.6 Å². The zero-order valence-corrected chi connectivity index (χ0v) is 16.0. The Balaban J connectivity index is 1.77. The van der Waals surface area contributed by atoms with Crippen LogP contribution in [-0.2, 0) is 13.0 Å². The summed E-state index contributed by atoms with van der Waals surface area (Å²) in [5, 5.41) is 3.89. The molecule has 138 valence electrons. The second kappa shape index (κ2) is 7.36. The Morgan fingerprint density at radius 3 is 2.89 bits per heavy atom. The zero-order chi connectivity index (χ0) is 18.8. The lowest BCUT2D eigenvalue weighted by Gasteiger charge is -2.00. The fourth-order valence-electron chi connectivity index (χ4n) is 3.06. The van der Waals surface area contributed by atoms with Gasteiger partial charge in [-0.25, -0.2) is 4.98 Å². The first kappa shape index (κ1) is 17.5. The van der Waals surface area contributed by atoms with Crippen LogP contribution in [0.4, 0.5) is 0 Å². The van der Waals surface area contributed by atoms with Gasteiger partial charge in [0.15, 0.2) is 0 Å². The average Bonchev–Trinajstić information content (AvgIpc) is 3.38. The van der Waals surface area contributed by atoms with Crippen LogP contribution in [0.15, 0.2) is 56.9 Å². The van der Waals surface area contributed by atoms with Crippen molar-refractivity contribution in [2.24, 2.45) is 4.99 Å². The van der Waals surface area contributed by atoms with Gasteiger partial charge in [-0.2, -0.15) is 4.68 Å². The molecule has 3 heterocycles. The number of benzene rings is 1. The summed E-state index contributed by atoms with van der Waals surface area (Å²) < 4.78 is 7.92. The minimum absolute atomic E-state index is 0.113. The van der Waals surface area contributed by atoms with Gasteiger partial charge in [0.1, 0.15) is 5.76 Å². The van der Waals surface area contributed by atoms with Crippen LogP contribution in [0.3, 0.4) is 0 Å². The average molecular weight is 380 g/mol.